The molecule has 0 saturated heterocycles. The number of hydrogen-bond donors (Lipinski definition) is 3. The first-order valence-corrected chi connectivity index (χ1v) is 9.53. The third kappa shape index (κ3) is 2.96. The van der Waals surface area contributed by atoms with Crippen molar-refractivity contribution in [3.8, 4) is 0 Å². The van der Waals surface area contributed by atoms with E-state index in [1.165, 1.54) is 0 Å². The van der Waals surface area contributed by atoms with Gasteiger partial charge >= 0.3 is 0 Å². The van der Waals surface area contributed by atoms with Crippen LogP contribution in [0.3, 0.4) is 0 Å². The van der Waals surface area contributed by atoms with Gasteiger partial charge in [-0.2, -0.15) is 0 Å². The maximum absolute atomic E-state index is 6.22. The standard InChI is InChI=1S/C18H20Cl2N7/c1-3-26-12-6-5-10(19)7-13(12)27(4-2)14(26)9-23-18-16(21)25-17-15(24-18)11(20)8-22-17/h5-8H,3-4,9H2,1-2H3,(H,23,24)(H3,21,22,25)/q+1. The number of nitrogens with one attached hydrogen (secondary N) is 2. The number of hydrogen-bond acceptors (Lipinski definition) is 4. The number of benzene rings is 1. The van der Waals surface area contributed by atoms with Crippen LogP contribution >= 0.6 is 23.2 Å². The van der Waals surface area contributed by atoms with Crippen LogP contribution in [-0.2, 0) is 19.6 Å². The second-order valence-corrected chi connectivity index (χ2v) is 7.03. The Morgan fingerprint density at radius 1 is 1.26 bits per heavy atom. The van der Waals surface area contributed by atoms with E-state index in [-0.39, 0.29) is 0 Å². The largest absolute Gasteiger partial charge is 0.381 e. The lowest BCUT2D eigenvalue weighted by molar-refractivity contribution is -0.676. The van der Waals surface area contributed by atoms with Gasteiger partial charge < -0.3 is 16.0 Å². The van der Waals surface area contributed by atoms with Crippen LogP contribution in [0.4, 0.5) is 11.6 Å². The van der Waals surface area contributed by atoms with Gasteiger partial charge in [-0.05, 0) is 26.0 Å². The van der Waals surface area contributed by atoms with Crippen molar-refractivity contribution in [2.45, 2.75) is 33.5 Å². The minimum atomic E-state index is 0.325. The van der Waals surface area contributed by atoms with Gasteiger partial charge in [0, 0.05) is 17.3 Å². The van der Waals surface area contributed by atoms with Crippen LogP contribution in [-0.4, -0.2) is 19.5 Å². The fourth-order valence-corrected chi connectivity index (χ4v) is 3.82. The first-order valence-electron chi connectivity index (χ1n) is 8.77. The number of fused-ring (bicyclic) bond motifs is 2. The van der Waals surface area contributed by atoms with E-state index in [0.29, 0.717) is 34.4 Å². The highest BCUT2D eigenvalue weighted by Gasteiger charge is 2.23. The molecule has 0 spiro atoms. The Kier molecular flexibility index (Phi) is 4.57. The van der Waals surface area contributed by atoms with Gasteiger partial charge in [0.15, 0.2) is 28.3 Å². The van der Waals surface area contributed by atoms with Crippen LogP contribution in [0.15, 0.2) is 24.4 Å². The molecule has 4 rings (SSSR count). The number of aromatic amines is 1. The van der Waals surface area contributed by atoms with Crippen molar-refractivity contribution >= 4 is 57.0 Å². The number of aromatic nitrogens is 5. The number of aryl methyl sites for hydroxylation is 2. The number of nitrogen functional groups attached to an aromatic ring is 1. The molecule has 27 heavy (non-hydrogen) atoms. The quantitative estimate of drug-likeness (QED) is 0.442. The number of halogens is 2. The topological polar surface area (TPSA) is 88.4 Å². The Morgan fingerprint density at radius 3 is 2.81 bits per heavy atom. The average Bonchev–Trinajstić information content (AvgIpc) is 3.16. The molecule has 3 heterocycles. The number of imidazole rings is 1. The third-order valence-electron chi connectivity index (χ3n) is 4.67. The van der Waals surface area contributed by atoms with E-state index in [9.17, 15) is 0 Å². The molecule has 0 amide bonds. The van der Waals surface area contributed by atoms with Crippen molar-refractivity contribution in [1.29, 1.82) is 0 Å². The SMILES string of the molecule is CCn1c(CNc2nc3c(Cl)c[nH]c3nc2N)[n+](CC)c2ccc(Cl)cc21. The molecule has 0 aliphatic rings. The summed E-state index contributed by atoms with van der Waals surface area (Å²) in [4.78, 5) is 11.8. The second kappa shape index (κ2) is 6.90. The molecule has 0 fully saturated rings. The molecule has 1 aromatic carbocycles. The number of nitrogens with zero attached hydrogens (tertiary/aromatic N) is 4. The van der Waals surface area contributed by atoms with Crippen molar-refractivity contribution in [2.24, 2.45) is 0 Å². The number of H-pyrrole nitrogens is 1. The smallest absolute Gasteiger partial charge is 0.277 e. The van der Waals surface area contributed by atoms with Crippen LogP contribution < -0.4 is 15.6 Å². The van der Waals surface area contributed by atoms with Crippen molar-refractivity contribution in [2.75, 3.05) is 11.1 Å². The van der Waals surface area contributed by atoms with E-state index in [4.69, 9.17) is 28.9 Å². The van der Waals surface area contributed by atoms with Crippen LogP contribution in [0.2, 0.25) is 10.0 Å². The van der Waals surface area contributed by atoms with Crippen LogP contribution in [0.5, 0.6) is 0 Å². The third-order valence-corrected chi connectivity index (χ3v) is 5.20. The van der Waals surface area contributed by atoms with Crippen molar-refractivity contribution in [1.82, 2.24) is 19.5 Å². The Balaban J connectivity index is 1.75. The molecule has 0 saturated carbocycles. The monoisotopic (exact) mass is 404 g/mol. The Hall–Kier alpha value is -2.51. The zero-order chi connectivity index (χ0) is 19.1. The first-order chi connectivity index (χ1) is 13.0. The minimum absolute atomic E-state index is 0.325. The van der Waals surface area contributed by atoms with Gasteiger partial charge in [-0.1, -0.05) is 23.2 Å². The average molecular weight is 405 g/mol. The molecule has 0 radical (unpaired) electrons. The summed E-state index contributed by atoms with van der Waals surface area (Å²) in [5.74, 6) is 1.95. The maximum atomic E-state index is 6.22. The molecule has 4 N–H and O–H groups in total. The first kappa shape index (κ1) is 17.9. The van der Waals surface area contributed by atoms with Gasteiger partial charge in [0.25, 0.3) is 5.82 Å². The minimum Gasteiger partial charge on any atom is -0.381 e. The van der Waals surface area contributed by atoms with Gasteiger partial charge in [-0.15, -0.1) is 0 Å². The van der Waals surface area contributed by atoms with E-state index in [1.807, 2.05) is 12.1 Å². The summed E-state index contributed by atoms with van der Waals surface area (Å²) in [6.45, 7) is 6.44. The van der Waals surface area contributed by atoms with Gasteiger partial charge in [0.05, 0.1) is 18.1 Å². The Bertz CT molecular complexity index is 1150. The molecule has 0 aliphatic heterocycles. The summed E-state index contributed by atoms with van der Waals surface area (Å²) in [6, 6.07) is 5.96. The molecule has 7 nitrogen and oxygen atoms in total. The predicted molar refractivity (Wildman–Crippen MR) is 109 cm³/mol. The van der Waals surface area contributed by atoms with Crippen LogP contribution in [0, 0.1) is 0 Å². The van der Waals surface area contributed by atoms with Crippen LogP contribution in [0.25, 0.3) is 22.2 Å². The molecule has 3 aromatic heterocycles. The van der Waals surface area contributed by atoms with Crippen LogP contribution in [0.1, 0.15) is 19.7 Å². The zero-order valence-electron chi connectivity index (χ0n) is 15.1. The highest BCUT2D eigenvalue weighted by molar-refractivity contribution is 6.35. The Morgan fingerprint density at radius 2 is 2.07 bits per heavy atom. The lowest BCUT2D eigenvalue weighted by atomic mass is 10.3. The molecule has 0 unspecified atom stereocenters. The molecule has 0 bridgehead atoms. The fourth-order valence-electron chi connectivity index (χ4n) is 3.47. The van der Waals surface area contributed by atoms with E-state index < -0.39 is 0 Å². The molecule has 4 aromatic rings. The lowest BCUT2D eigenvalue weighted by Gasteiger charge is -2.08. The summed E-state index contributed by atoms with van der Waals surface area (Å²) in [6.07, 6.45) is 1.65. The van der Waals surface area contributed by atoms with E-state index in [1.54, 1.807) is 6.20 Å². The summed E-state index contributed by atoms with van der Waals surface area (Å²) in [5, 5.41) is 4.56. The summed E-state index contributed by atoms with van der Waals surface area (Å²) < 4.78 is 4.50. The normalized spacial score (nSPS) is 11.6. The van der Waals surface area contributed by atoms with Crippen molar-refractivity contribution in [3.63, 3.8) is 0 Å². The molecular formula is C18H20Cl2N7+. The van der Waals surface area contributed by atoms with E-state index in [2.05, 4.69) is 49.3 Å². The number of anilines is 2. The maximum Gasteiger partial charge on any atom is 0.277 e. The Labute approximate surface area is 166 Å². The second-order valence-electron chi connectivity index (χ2n) is 6.18. The highest BCUT2D eigenvalue weighted by atomic mass is 35.5. The molecular weight excluding hydrogens is 385 g/mol. The fraction of sp³-hybridized carbons (Fsp3) is 0.278. The number of rotatable bonds is 5. The van der Waals surface area contributed by atoms with Gasteiger partial charge in [-0.25, -0.2) is 19.1 Å². The molecule has 0 atom stereocenters. The molecule has 0 aliphatic carbocycles. The summed E-state index contributed by atoms with van der Waals surface area (Å²) in [7, 11) is 0. The van der Waals surface area contributed by atoms with Gasteiger partial charge in [0.2, 0.25) is 0 Å². The van der Waals surface area contributed by atoms with Crippen molar-refractivity contribution in [3.05, 3.63) is 40.3 Å². The lowest BCUT2D eigenvalue weighted by Crippen LogP contribution is -2.38. The summed E-state index contributed by atoms with van der Waals surface area (Å²) >= 11 is 12.4. The van der Waals surface area contributed by atoms with Gasteiger partial charge in [0.1, 0.15) is 12.1 Å². The van der Waals surface area contributed by atoms with Gasteiger partial charge in [-0.3, -0.25) is 0 Å². The van der Waals surface area contributed by atoms with E-state index in [0.717, 1.165) is 35.0 Å². The number of nitrogens with two attached hydrogens (primary N) is 1. The van der Waals surface area contributed by atoms with Crippen molar-refractivity contribution < 1.29 is 4.57 Å². The molecule has 9 heteroatoms. The van der Waals surface area contributed by atoms with E-state index >= 15 is 0 Å². The molecule has 140 valence electrons. The predicted octanol–water partition coefficient (Wildman–Crippen LogP) is 3.74. The highest BCUT2D eigenvalue weighted by Crippen LogP contribution is 2.25. The zero-order valence-corrected chi connectivity index (χ0v) is 16.6. The summed E-state index contributed by atoms with van der Waals surface area (Å²) in [5.41, 5.74) is 9.48.